The van der Waals surface area contributed by atoms with Gasteiger partial charge in [0.1, 0.15) is 0 Å². The van der Waals surface area contributed by atoms with E-state index < -0.39 is 0 Å². The summed E-state index contributed by atoms with van der Waals surface area (Å²) in [5.74, 6) is 0. The number of thiol groups is 1. The number of rotatable bonds is 1. The topological polar surface area (TPSA) is 48.6 Å². The molecule has 0 fully saturated rings. The fraction of sp³-hybridized carbons (Fsp3) is 0. The number of azo groups is 1. The zero-order valence-corrected chi connectivity index (χ0v) is 6.62. The zero-order chi connectivity index (χ0) is 8.10. The molecule has 1 rings (SSSR count). The Morgan fingerprint density at radius 1 is 1.27 bits per heavy atom. The van der Waals surface area contributed by atoms with Gasteiger partial charge in [-0.3, -0.25) is 5.41 Å². The van der Waals surface area contributed by atoms with E-state index in [1.54, 1.807) is 12.1 Å². The Labute approximate surface area is 70.1 Å². The van der Waals surface area contributed by atoms with Crippen LogP contribution in [0.1, 0.15) is 0 Å². The van der Waals surface area contributed by atoms with Crippen LogP contribution in [0.5, 0.6) is 0 Å². The van der Waals surface area contributed by atoms with Gasteiger partial charge in [0.05, 0.1) is 5.69 Å². The molecule has 0 saturated carbocycles. The molecule has 11 heavy (non-hydrogen) atoms. The van der Waals surface area contributed by atoms with E-state index in [4.69, 9.17) is 5.41 Å². The van der Waals surface area contributed by atoms with Crippen LogP contribution in [0.25, 0.3) is 0 Å². The minimum Gasteiger partial charge on any atom is -0.276 e. The second-order valence-electron chi connectivity index (χ2n) is 1.86. The highest BCUT2D eigenvalue weighted by Crippen LogP contribution is 2.09. The smallest absolute Gasteiger partial charge is 0.198 e. The van der Waals surface area contributed by atoms with Crippen LogP contribution in [0.2, 0.25) is 0 Å². The molecule has 4 heteroatoms. The van der Waals surface area contributed by atoms with Crippen molar-refractivity contribution in [3.05, 3.63) is 30.3 Å². The summed E-state index contributed by atoms with van der Waals surface area (Å²) in [6.45, 7) is 0. The number of hydrogen-bond acceptors (Lipinski definition) is 2. The van der Waals surface area contributed by atoms with Crippen LogP contribution in [-0.2, 0) is 0 Å². The molecular weight excluding hydrogens is 158 g/mol. The average Bonchev–Trinajstić information content (AvgIpc) is 2.03. The summed E-state index contributed by atoms with van der Waals surface area (Å²) in [5.41, 5.74) is 0.728. The Bertz CT molecular complexity index is 268. The molecule has 0 saturated heterocycles. The van der Waals surface area contributed by atoms with Crippen LogP contribution in [-0.4, -0.2) is 5.17 Å². The fourth-order valence-electron chi connectivity index (χ4n) is 0.600. The second-order valence-corrected chi connectivity index (χ2v) is 2.28. The molecule has 0 aliphatic carbocycles. The van der Waals surface area contributed by atoms with Gasteiger partial charge in [0.15, 0.2) is 5.17 Å². The highest BCUT2D eigenvalue weighted by Gasteiger charge is 1.84. The Morgan fingerprint density at radius 3 is 2.45 bits per heavy atom. The Balaban J connectivity index is 2.72. The summed E-state index contributed by atoms with van der Waals surface area (Å²) in [4.78, 5) is 0. The van der Waals surface area contributed by atoms with Gasteiger partial charge in [-0.2, -0.15) is 0 Å². The molecule has 0 radical (unpaired) electrons. The lowest BCUT2D eigenvalue weighted by Crippen LogP contribution is -1.70. The monoisotopic (exact) mass is 165 g/mol. The third-order valence-electron chi connectivity index (χ3n) is 1.02. The van der Waals surface area contributed by atoms with E-state index in [2.05, 4.69) is 22.9 Å². The summed E-state index contributed by atoms with van der Waals surface area (Å²) in [5, 5.41) is 14.0. The van der Waals surface area contributed by atoms with Crippen LogP contribution >= 0.6 is 12.6 Å². The Hall–Kier alpha value is -1.16. The van der Waals surface area contributed by atoms with Crippen molar-refractivity contribution in [1.29, 1.82) is 5.41 Å². The van der Waals surface area contributed by atoms with Gasteiger partial charge in [0, 0.05) is 0 Å². The molecule has 0 amide bonds. The largest absolute Gasteiger partial charge is 0.276 e. The summed E-state index contributed by atoms with van der Waals surface area (Å²) < 4.78 is 0. The molecule has 0 bridgehead atoms. The maximum absolute atomic E-state index is 6.85. The average molecular weight is 165 g/mol. The number of hydrogen-bond donors (Lipinski definition) is 2. The highest BCUT2D eigenvalue weighted by atomic mass is 32.1. The predicted molar refractivity (Wildman–Crippen MR) is 47.7 cm³/mol. The standard InChI is InChI=1S/C7H7N3S/c8-7(11)10-9-6-4-2-1-3-5-6/h1-5H,(H2,8,11). The molecule has 0 aromatic heterocycles. The normalized spacial score (nSPS) is 10.3. The van der Waals surface area contributed by atoms with E-state index in [0.717, 1.165) is 5.69 Å². The first kappa shape index (κ1) is 7.94. The van der Waals surface area contributed by atoms with Crippen molar-refractivity contribution in [3.63, 3.8) is 0 Å². The van der Waals surface area contributed by atoms with Crippen LogP contribution in [0.3, 0.4) is 0 Å². The van der Waals surface area contributed by atoms with Gasteiger partial charge >= 0.3 is 0 Å². The van der Waals surface area contributed by atoms with Crippen molar-refractivity contribution in [3.8, 4) is 0 Å². The van der Waals surface area contributed by atoms with Crippen LogP contribution in [0.4, 0.5) is 5.69 Å². The molecular formula is C7H7N3S. The summed E-state index contributed by atoms with van der Waals surface area (Å²) in [6, 6.07) is 9.22. The van der Waals surface area contributed by atoms with E-state index in [-0.39, 0.29) is 5.17 Å². The van der Waals surface area contributed by atoms with Crippen LogP contribution in [0, 0.1) is 5.41 Å². The zero-order valence-electron chi connectivity index (χ0n) is 5.73. The van der Waals surface area contributed by atoms with E-state index in [1.165, 1.54) is 0 Å². The molecule has 3 nitrogen and oxygen atoms in total. The third-order valence-corrected chi connectivity index (χ3v) is 1.11. The van der Waals surface area contributed by atoms with Crippen molar-refractivity contribution >= 4 is 23.5 Å². The second kappa shape index (κ2) is 3.88. The van der Waals surface area contributed by atoms with Crippen LogP contribution < -0.4 is 0 Å². The van der Waals surface area contributed by atoms with Gasteiger partial charge in [-0.05, 0) is 12.1 Å². The highest BCUT2D eigenvalue weighted by molar-refractivity contribution is 7.96. The van der Waals surface area contributed by atoms with Gasteiger partial charge in [-0.15, -0.1) is 22.9 Å². The number of amidine groups is 1. The van der Waals surface area contributed by atoms with E-state index in [1.807, 2.05) is 18.2 Å². The van der Waals surface area contributed by atoms with Gasteiger partial charge in [0.25, 0.3) is 0 Å². The van der Waals surface area contributed by atoms with Crippen molar-refractivity contribution < 1.29 is 0 Å². The lowest BCUT2D eigenvalue weighted by Gasteiger charge is -1.87. The van der Waals surface area contributed by atoms with Gasteiger partial charge in [0.2, 0.25) is 0 Å². The van der Waals surface area contributed by atoms with Crippen molar-refractivity contribution in [2.45, 2.75) is 0 Å². The van der Waals surface area contributed by atoms with Crippen LogP contribution in [0.15, 0.2) is 40.6 Å². The first-order valence-corrected chi connectivity index (χ1v) is 3.48. The van der Waals surface area contributed by atoms with Gasteiger partial charge in [-0.1, -0.05) is 18.2 Å². The first-order valence-electron chi connectivity index (χ1n) is 3.03. The first-order chi connectivity index (χ1) is 5.29. The predicted octanol–water partition coefficient (Wildman–Crippen LogP) is 2.63. The Morgan fingerprint density at radius 2 is 1.91 bits per heavy atom. The fourth-order valence-corrected chi connectivity index (χ4v) is 0.644. The lowest BCUT2D eigenvalue weighted by atomic mass is 10.3. The Kier molecular flexibility index (Phi) is 2.80. The van der Waals surface area contributed by atoms with Gasteiger partial charge < -0.3 is 0 Å². The molecule has 0 aliphatic rings. The van der Waals surface area contributed by atoms with E-state index in [9.17, 15) is 0 Å². The molecule has 56 valence electrons. The molecule has 0 aliphatic heterocycles. The molecule has 0 heterocycles. The van der Waals surface area contributed by atoms with Crippen molar-refractivity contribution in [1.82, 2.24) is 0 Å². The molecule has 0 spiro atoms. The molecule has 1 N–H and O–H groups in total. The third kappa shape index (κ3) is 2.95. The molecule has 1 aromatic rings. The quantitative estimate of drug-likeness (QED) is 0.278. The van der Waals surface area contributed by atoms with E-state index in [0.29, 0.717) is 0 Å². The number of benzene rings is 1. The summed E-state index contributed by atoms with van der Waals surface area (Å²) in [7, 11) is 0. The molecule has 0 atom stereocenters. The SMILES string of the molecule is N=C(S)N=Nc1ccccc1. The minimum absolute atomic E-state index is 0.0890. The lowest BCUT2D eigenvalue weighted by molar-refractivity contribution is 1.27. The molecule has 1 aromatic carbocycles. The van der Waals surface area contributed by atoms with Crippen molar-refractivity contribution in [2.75, 3.05) is 0 Å². The van der Waals surface area contributed by atoms with Gasteiger partial charge in [-0.25, -0.2) is 0 Å². The van der Waals surface area contributed by atoms with E-state index >= 15 is 0 Å². The maximum atomic E-state index is 6.85. The maximum Gasteiger partial charge on any atom is 0.198 e. The summed E-state index contributed by atoms with van der Waals surface area (Å²) >= 11 is 3.65. The molecule has 0 unspecified atom stereocenters. The number of nitrogens with zero attached hydrogens (tertiary/aromatic N) is 2. The summed E-state index contributed by atoms with van der Waals surface area (Å²) in [6.07, 6.45) is 0. The number of nitrogens with one attached hydrogen (secondary N) is 1. The minimum atomic E-state index is -0.0890. The van der Waals surface area contributed by atoms with Crippen molar-refractivity contribution in [2.24, 2.45) is 10.2 Å².